The second-order valence-corrected chi connectivity index (χ2v) is 2.78. The zero-order valence-corrected chi connectivity index (χ0v) is 8.11. The summed E-state index contributed by atoms with van der Waals surface area (Å²) in [4.78, 5) is 20.3. The van der Waals surface area contributed by atoms with Gasteiger partial charge in [0.2, 0.25) is 0 Å². The Hall–Kier alpha value is -1.55. The molecular formula is C10H12O4. The number of carbonyl (C=O) groups is 1. The lowest BCUT2D eigenvalue weighted by atomic mass is 10.1. The van der Waals surface area contributed by atoms with Crippen molar-refractivity contribution < 1.29 is 19.7 Å². The quantitative estimate of drug-likeness (QED) is 0.591. The van der Waals surface area contributed by atoms with Gasteiger partial charge in [0.05, 0.1) is 12.2 Å². The van der Waals surface area contributed by atoms with E-state index in [1.54, 1.807) is 13.8 Å². The normalized spacial score (nSPS) is 9.86. The molecule has 0 radical (unpaired) electrons. The van der Waals surface area contributed by atoms with Crippen molar-refractivity contribution in [1.82, 2.24) is 0 Å². The summed E-state index contributed by atoms with van der Waals surface area (Å²) in [7, 11) is 0. The summed E-state index contributed by atoms with van der Waals surface area (Å²) in [5.41, 5.74) is 1.03. The minimum atomic E-state index is -0.552. The van der Waals surface area contributed by atoms with E-state index in [0.717, 1.165) is 0 Å². The van der Waals surface area contributed by atoms with Gasteiger partial charge in [-0.3, -0.25) is 4.89 Å². The zero-order chi connectivity index (χ0) is 10.6. The largest absolute Gasteiger partial charge is 0.508 e. The lowest BCUT2D eigenvalue weighted by Gasteiger charge is -2.04. The highest BCUT2D eigenvalue weighted by Crippen LogP contribution is 2.16. The van der Waals surface area contributed by atoms with Gasteiger partial charge in [0.1, 0.15) is 5.75 Å². The maximum atomic E-state index is 11.3. The van der Waals surface area contributed by atoms with Crippen LogP contribution in [0.3, 0.4) is 0 Å². The number of rotatable bonds is 3. The van der Waals surface area contributed by atoms with Gasteiger partial charge in [-0.15, -0.1) is 0 Å². The standard InChI is InChI=1S/C10H12O4/c1-3-13-14-10(12)9-5-4-8(11)6-7(9)2/h4-6,11H,3H2,1-2H3. The van der Waals surface area contributed by atoms with E-state index >= 15 is 0 Å². The van der Waals surface area contributed by atoms with E-state index < -0.39 is 5.97 Å². The molecule has 0 aliphatic carbocycles. The van der Waals surface area contributed by atoms with Crippen LogP contribution in [-0.2, 0) is 9.78 Å². The van der Waals surface area contributed by atoms with E-state index in [1.807, 2.05) is 0 Å². The van der Waals surface area contributed by atoms with Crippen molar-refractivity contribution in [2.45, 2.75) is 13.8 Å². The number of benzene rings is 1. The number of phenolic OH excluding ortho intramolecular Hbond substituents is 1. The Morgan fingerprint density at radius 3 is 2.79 bits per heavy atom. The molecule has 0 saturated carbocycles. The molecule has 0 unspecified atom stereocenters. The highest BCUT2D eigenvalue weighted by atomic mass is 17.2. The highest BCUT2D eigenvalue weighted by Gasteiger charge is 2.11. The van der Waals surface area contributed by atoms with E-state index in [1.165, 1.54) is 18.2 Å². The molecule has 0 fully saturated rings. The topological polar surface area (TPSA) is 55.8 Å². The monoisotopic (exact) mass is 196 g/mol. The van der Waals surface area contributed by atoms with Crippen molar-refractivity contribution in [1.29, 1.82) is 0 Å². The smallest absolute Gasteiger partial charge is 0.373 e. The molecule has 14 heavy (non-hydrogen) atoms. The second kappa shape index (κ2) is 4.62. The number of aromatic hydroxyl groups is 1. The van der Waals surface area contributed by atoms with E-state index in [9.17, 15) is 4.79 Å². The Morgan fingerprint density at radius 1 is 1.50 bits per heavy atom. The van der Waals surface area contributed by atoms with E-state index in [4.69, 9.17) is 5.11 Å². The molecule has 1 N–H and O–H groups in total. The van der Waals surface area contributed by atoms with Crippen LogP contribution in [0.5, 0.6) is 5.75 Å². The number of aryl methyl sites for hydroxylation is 1. The summed E-state index contributed by atoms with van der Waals surface area (Å²) in [5.74, 6) is -0.431. The minimum absolute atomic E-state index is 0.121. The van der Waals surface area contributed by atoms with E-state index in [0.29, 0.717) is 17.7 Å². The van der Waals surface area contributed by atoms with Gasteiger partial charge < -0.3 is 5.11 Å². The molecule has 1 rings (SSSR count). The van der Waals surface area contributed by atoms with Crippen molar-refractivity contribution in [2.24, 2.45) is 0 Å². The molecule has 1 aromatic carbocycles. The molecule has 76 valence electrons. The molecule has 4 nitrogen and oxygen atoms in total. The molecule has 0 spiro atoms. The van der Waals surface area contributed by atoms with Crippen molar-refractivity contribution in [3.8, 4) is 5.75 Å². The van der Waals surface area contributed by atoms with Gasteiger partial charge in [0.15, 0.2) is 0 Å². The Bertz CT molecular complexity index is 333. The lowest BCUT2D eigenvalue weighted by molar-refractivity contribution is -0.236. The fourth-order valence-electron chi connectivity index (χ4n) is 1.03. The molecule has 0 heterocycles. The van der Waals surface area contributed by atoms with Gasteiger partial charge in [-0.05, 0) is 37.6 Å². The first kappa shape index (κ1) is 10.5. The van der Waals surface area contributed by atoms with Crippen LogP contribution in [0, 0.1) is 6.92 Å². The minimum Gasteiger partial charge on any atom is -0.508 e. The van der Waals surface area contributed by atoms with Crippen molar-refractivity contribution in [2.75, 3.05) is 6.61 Å². The number of hydrogen-bond donors (Lipinski definition) is 1. The number of carbonyl (C=O) groups excluding carboxylic acids is 1. The van der Waals surface area contributed by atoms with Crippen LogP contribution in [0.25, 0.3) is 0 Å². The van der Waals surface area contributed by atoms with Crippen molar-refractivity contribution >= 4 is 5.97 Å². The third kappa shape index (κ3) is 2.47. The van der Waals surface area contributed by atoms with Crippen LogP contribution in [0.1, 0.15) is 22.8 Å². The highest BCUT2D eigenvalue weighted by molar-refractivity contribution is 5.90. The Kier molecular flexibility index (Phi) is 3.48. The Morgan fingerprint density at radius 2 is 2.21 bits per heavy atom. The summed E-state index contributed by atoms with van der Waals surface area (Å²) in [6.45, 7) is 3.74. The van der Waals surface area contributed by atoms with Gasteiger partial charge in [0.25, 0.3) is 0 Å². The average Bonchev–Trinajstić information content (AvgIpc) is 2.14. The van der Waals surface area contributed by atoms with Crippen LogP contribution in [0.2, 0.25) is 0 Å². The Balaban J connectivity index is 2.80. The lowest BCUT2D eigenvalue weighted by Crippen LogP contribution is -2.07. The van der Waals surface area contributed by atoms with Crippen molar-refractivity contribution in [3.05, 3.63) is 29.3 Å². The van der Waals surface area contributed by atoms with Gasteiger partial charge >= 0.3 is 5.97 Å². The summed E-state index contributed by atoms with van der Waals surface area (Å²) >= 11 is 0. The molecule has 0 aliphatic rings. The SMILES string of the molecule is CCOOC(=O)c1ccc(O)cc1C. The third-order valence-electron chi connectivity index (χ3n) is 1.68. The first-order valence-corrected chi connectivity index (χ1v) is 4.28. The maximum Gasteiger partial charge on any atom is 0.373 e. The molecule has 0 amide bonds. The molecule has 0 atom stereocenters. The molecular weight excluding hydrogens is 184 g/mol. The molecule has 0 saturated heterocycles. The van der Waals surface area contributed by atoms with Crippen LogP contribution in [-0.4, -0.2) is 17.7 Å². The van der Waals surface area contributed by atoms with E-state index in [2.05, 4.69) is 9.78 Å². The van der Waals surface area contributed by atoms with Gasteiger partial charge in [-0.25, -0.2) is 4.79 Å². The van der Waals surface area contributed by atoms with Crippen LogP contribution < -0.4 is 0 Å². The number of phenols is 1. The van der Waals surface area contributed by atoms with Crippen LogP contribution >= 0.6 is 0 Å². The fourth-order valence-corrected chi connectivity index (χ4v) is 1.03. The van der Waals surface area contributed by atoms with Crippen LogP contribution in [0.4, 0.5) is 0 Å². The predicted molar refractivity (Wildman–Crippen MR) is 49.9 cm³/mol. The molecule has 1 aromatic rings. The van der Waals surface area contributed by atoms with Crippen LogP contribution in [0.15, 0.2) is 18.2 Å². The fraction of sp³-hybridized carbons (Fsp3) is 0.300. The molecule has 0 aliphatic heterocycles. The zero-order valence-electron chi connectivity index (χ0n) is 8.11. The molecule has 0 aromatic heterocycles. The summed E-state index contributed by atoms with van der Waals surface area (Å²) in [5, 5.41) is 9.11. The van der Waals surface area contributed by atoms with Gasteiger partial charge in [-0.2, -0.15) is 4.89 Å². The molecule has 0 bridgehead atoms. The number of hydrogen-bond acceptors (Lipinski definition) is 4. The third-order valence-corrected chi connectivity index (χ3v) is 1.68. The maximum absolute atomic E-state index is 11.3. The van der Waals surface area contributed by atoms with Gasteiger partial charge in [-0.1, -0.05) is 0 Å². The first-order chi connectivity index (χ1) is 6.65. The Labute approximate surface area is 82.0 Å². The first-order valence-electron chi connectivity index (χ1n) is 4.28. The van der Waals surface area contributed by atoms with Crippen molar-refractivity contribution in [3.63, 3.8) is 0 Å². The average molecular weight is 196 g/mol. The summed E-state index contributed by atoms with van der Waals surface area (Å²) in [6.07, 6.45) is 0. The van der Waals surface area contributed by atoms with E-state index in [-0.39, 0.29) is 5.75 Å². The molecule has 4 heteroatoms. The van der Waals surface area contributed by atoms with Gasteiger partial charge in [0, 0.05) is 0 Å². The summed E-state index contributed by atoms with van der Waals surface area (Å²) in [6, 6.07) is 4.41. The second-order valence-electron chi connectivity index (χ2n) is 2.78. The summed E-state index contributed by atoms with van der Waals surface area (Å²) < 4.78 is 0. The predicted octanol–water partition coefficient (Wildman–Crippen LogP) is 1.81.